The number of rotatable bonds is 5. The zero-order chi connectivity index (χ0) is 18.0. The number of nitrogens with zero attached hydrogens (tertiary/aromatic N) is 4. The fraction of sp³-hybridized carbons (Fsp3) is 0.278. The first kappa shape index (κ1) is 16.7. The normalized spacial score (nSPS) is 10.8. The van der Waals surface area contributed by atoms with Crippen LogP contribution in [0.5, 0.6) is 0 Å². The van der Waals surface area contributed by atoms with Crippen molar-refractivity contribution in [3.05, 3.63) is 47.0 Å². The smallest absolute Gasteiger partial charge is 0.163 e. The summed E-state index contributed by atoms with van der Waals surface area (Å²) < 4.78 is 13.6. The maximum absolute atomic E-state index is 13.6. The molecule has 2 aromatic heterocycles. The van der Waals surface area contributed by atoms with Crippen LogP contribution in [0.1, 0.15) is 23.4 Å². The number of hydrogen-bond acceptors (Lipinski definition) is 5. The molecule has 0 radical (unpaired) electrons. The summed E-state index contributed by atoms with van der Waals surface area (Å²) in [7, 11) is 1.96. The predicted octanol–water partition coefficient (Wildman–Crippen LogP) is 2.93. The molecule has 0 unspecified atom stereocenters. The molecule has 6 nitrogen and oxygen atoms in total. The maximum Gasteiger partial charge on any atom is 0.163 e. The largest absolute Gasteiger partial charge is 0.381 e. The lowest BCUT2D eigenvalue weighted by molar-refractivity contribution is 0.629. The van der Waals surface area contributed by atoms with E-state index in [9.17, 15) is 4.39 Å². The number of pyridine rings is 1. The Labute approximate surface area is 145 Å². The third-order valence-corrected chi connectivity index (χ3v) is 4.19. The van der Waals surface area contributed by atoms with Gasteiger partial charge in [0.1, 0.15) is 17.4 Å². The third kappa shape index (κ3) is 3.38. The molecule has 0 amide bonds. The third-order valence-electron chi connectivity index (χ3n) is 4.19. The van der Waals surface area contributed by atoms with E-state index in [1.807, 2.05) is 20.0 Å². The van der Waals surface area contributed by atoms with Crippen LogP contribution >= 0.6 is 0 Å². The second kappa shape index (κ2) is 6.77. The monoisotopic (exact) mass is 338 g/mol. The minimum atomic E-state index is -0.278. The Bertz CT molecular complexity index is 956. The number of nitriles is 1. The lowest BCUT2D eigenvalue weighted by atomic mass is 10.1. The molecule has 0 aliphatic rings. The van der Waals surface area contributed by atoms with Gasteiger partial charge >= 0.3 is 0 Å². The molecule has 1 aromatic carbocycles. The molecule has 2 heterocycles. The van der Waals surface area contributed by atoms with Crippen LogP contribution < -0.4 is 10.6 Å². The number of benzene rings is 1. The number of nitrogen functional groups attached to an aromatic ring is 1. The molecule has 0 saturated heterocycles. The topological polar surface area (TPSA) is 94.6 Å². The first-order valence-electron chi connectivity index (χ1n) is 8.00. The molecule has 7 heteroatoms. The molecule has 0 fully saturated rings. The second-order valence-electron chi connectivity index (χ2n) is 6.04. The van der Waals surface area contributed by atoms with Crippen LogP contribution in [0.4, 0.5) is 15.9 Å². The van der Waals surface area contributed by atoms with Gasteiger partial charge in [0, 0.05) is 30.4 Å². The van der Waals surface area contributed by atoms with E-state index in [0.29, 0.717) is 12.0 Å². The molecule has 25 heavy (non-hydrogen) atoms. The fourth-order valence-electron chi connectivity index (χ4n) is 2.94. The van der Waals surface area contributed by atoms with Crippen molar-refractivity contribution in [2.45, 2.75) is 19.8 Å². The molecule has 0 aliphatic heterocycles. The minimum Gasteiger partial charge on any atom is -0.381 e. The summed E-state index contributed by atoms with van der Waals surface area (Å²) in [5, 5.41) is 16.6. The Morgan fingerprint density at radius 2 is 2.16 bits per heavy atom. The molecule has 3 aromatic rings. The van der Waals surface area contributed by atoms with Crippen molar-refractivity contribution in [2.24, 2.45) is 0 Å². The molecule has 0 spiro atoms. The number of aromatic amines is 1. The summed E-state index contributed by atoms with van der Waals surface area (Å²) in [6.45, 7) is 2.66. The first-order chi connectivity index (χ1) is 12.0. The molecule has 0 atom stereocenters. The van der Waals surface area contributed by atoms with Crippen molar-refractivity contribution in [1.29, 1.82) is 5.26 Å². The highest BCUT2D eigenvalue weighted by atomic mass is 19.1. The summed E-state index contributed by atoms with van der Waals surface area (Å²) >= 11 is 0. The fourth-order valence-corrected chi connectivity index (χ4v) is 2.94. The van der Waals surface area contributed by atoms with Gasteiger partial charge in [0.25, 0.3) is 0 Å². The van der Waals surface area contributed by atoms with Gasteiger partial charge in [-0.25, -0.2) is 4.39 Å². The van der Waals surface area contributed by atoms with Crippen molar-refractivity contribution >= 4 is 22.4 Å². The Morgan fingerprint density at radius 3 is 2.92 bits per heavy atom. The zero-order valence-electron chi connectivity index (χ0n) is 14.2. The van der Waals surface area contributed by atoms with Crippen molar-refractivity contribution in [2.75, 3.05) is 24.2 Å². The van der Waals surface area contributed by atoms with Gasteiger partial charge < -0.3 is 10.6 Å². The zero-order valence-corrected chi connectivity index (χ0v) is 14.2. The van der Waals surface area contributed by atoms with Gasteiger partial charge in [-0.05, 0) is 44.0 Å². The van der Waals surface area contributed by atoms with Crippen LogP contribution in [-0.4, -0.2) is 28.8 Å². The SMILES string of the molecule is Cc1cc(N(C)CCCc2[nH]nc(N)c2C#N)c2cc(F)ccc2n1. The van der Waals surface area contributed by atoms with E-state index in [-0.39, 0.29) is 11.6 Å². The van der Waals surface area contributed by atoms with E-state index in [0.717, 1.165) is 40.9 Å². The van der Waals surface area contributed by atoms with E-state index in [2.05, 4.69) is 26.2 Å². The van der Waals surface area contributed by atoms with Gasteiger partial charge in [-0.15, -0.1) is 0 Å². The highest BCUT2D eigenvalue weighted by molar-refractivity contribution is 5.91. The number of halogens is 1. The molecular formula is C18H19FN6. The lowest BCUT2D eigenvalue weighted by Gasteiger charge is -2.21. The minimum absolute atomic E-state index is 0.233. The van der Waals surface area contributed by atoms with Gasteiger partial charge in [-0.1, -0.05) is 0 Å². The summed E-state index contributed by atoms with van der Waals surface area (Å²) in [6, 6.07) is 8.65. The number of fused-ring (bicyclic) bond motifs is 1. The molecule has 128 valence electrons. The number of H-pyrrole nitrogens is 1. The maximum atomic E-state index is 13.6. The van der Waals surface area contributed by atoms with Gasteiger partial charge in [-0.2, -0.15) is 10.4 Å². The van der Waals surface area contributed by atoms with E-state index in [1.54, 1.807) is 6.07 Å². The molecule has 0 bridgehead atoms. The van der Waals surface area contributed by atoms with Crippen molar-refractivity contribution < 1.29 is 4.39 Å². The van der Waals surface area contributed by atoms with Gasteiger partial charge in [0.15, 0.2) is 5.82 Å². The van der Waals surface area contributed by atoms with Crippen LogP contribution in [-0.2, 0) is 6.42 Å². The van der Waals surface area contributed by atoms with Crippen LogP contribution in [0, 0.1) is 24.1 Å². The average Bonchev–Trinajstić information content (AvgIpc) is 2.94. The van der Waals surface area contributed by atoms with Gasteiger partial charge in [-0.3, -0.25) is 10.1 Å². The first-order valence-corrected chi connectivity index (χ1v) is 8.00. The summed E-state index contributed by atoms with van der Waals surface area (Å²) in [5.74, 6) is -0.0449. The van der Waals surface area contributed by atoms with E-state index in [1.165, 1.54) is 12.1 Å². The second-order valence-corrected chi connectivity index (χ2v) is 6.04. The number of aromatic nitrogens is 3. The van der Waals surface area contributed by atoms with Crippen LogP contribution in [0.3, 0.4) is 0 Å². The Hall–Kier alpha value is -3.14. The average molecular weight is 338 g/mol. The van der Waals surface area contributed by atoms with Crippen LogP contribution in [0.25, 0.3) is 10.9 Å². The number of nitrogens with one attached hydrogen (secondary N) is 1. The standard InChI is InChI=1S/C18H19FN6/c1-11-8-17(13-9-12(19)5-6-15(13)22-11)25(2)7-3-4-16-14(10-20)18(21)24-23-16/h5-6,8-9H,3-4,7H2,1-2H3,(H3,21,23,24). The van der Waals surface area contributed by atoms with Gasteiger partial charge in [0.2, 0.25) is 0 Å². The molecular weight excluding hydrogens is 319 g/mol. The number of anilines is 2. The van der Waals surface area contributed by atoms with Crippen LogP contribution in [0.2, 0.25) is 0 Å². The number of nitrogens with two attached hydrogens (primary N) is 1. The van der Waals surface area contributed by atoms with E-state index < -0.39 is 0 Å². The molecule has 3 rings (SSSR count). The Morgan fingerprint density at radius 1 is 1.36 bits per heavy atom. The van der Waals surface area contributed by atoms with Gasteiger partial charge in [0.05, 0.1) is 11.2 Å². The molecule has 0 aliphatic carbocycles. The van der Waals surface area contributed by atoms with Crippen molar-refractivity contribution in [3.63, 3.8) is 0 Å². The van der Waals surface area contributed by atoms with Crippen molar-refractivity contribution in [3.8, 4) is 6.07 Å². The summed E-state index contributed by atoms with van der Waals surface area (Å²) in [4.78, 5) is 6.53. The van der Waals surface area contributed by atoms with E-state index >= 15 is 0 Å². The quantitative estimate of drug-likeness (QED) is 0.746. The predicted molar refractivity (Wildman–Crippen MR) is 95.7 cm³/mol. The Kier molecular flexibility index (Phi) is 4.52. The summed E-state index contributed by atoms with van der Waals surface area (Å²) in [6.07, 6.45) is 1.46. The van der Waals surface area contributed by atoms with Crippen LogP contribution in [0.15, 0.2) is 24.3 Å². The molecule has 0 saturated carbocycles. The van der Waals surface area contributed by atoms with E-state index in [4.69, 9.17) is 11.0 Å². The Balaban J connectivity index is 1.77. The number of hydrogen-bond donors (Lipinski definition) is 2. The summed E-state index contributed by atoms with van der Waals surface area (Å²) in [5.41, 5.74) is 9.40. The lowest BCUT2D eigenvalue weighted by Crippen LogP contribution is -2.20. The number of aryl methyl sites for hydroxylation is 2. The highest BCUT2D eigenvalue weighted by Crippen LogP contribution is 2.27. The van der Waals surface area contributed by atoms with Crippen molar-refractivity contribution in [1.82, 2.24) is 15.2 Å². The molecule has 3 N–H and O–H groups in total. The highest BCUT2D eigenvalue weighted by Gasteiger charge is 2.12.